The van der Waals surface area contributed by atoms with Crippen LogP contribution in [0.3, 0.4) is 0 Å². The van der Waals surface area contributed by atoms with E-state index in [2.05, 4.69) is 11.4 Å². The van der Waals surface area contributed by atoms with Crippen molar-refractivity contribution in [2.75, 3.05) is 25.1 Å². The standard InChI is InChI=1S/C20H24N2O5/c1-6-24-16-9-14(10-17(25-7-2)18(16)26-8-3)19(23)22-20-15(11-21)12(4)13(5)27-20/h9-10H,6-8H2,1-5H3,(H,22,23). The Bertz CT molecular complexity index is 837. The zero-order chi connectivity index (χ0) is 20.0. The van der Waals surface area contributed by atoms with Crippen LogP contribution in [0.4, 0.5) is 5.88 Å². The van der Waals surface area contributed by atoms with Crippen molar-refractivity contribution in [3.05, 3.63) is 34.6 Å². The van der Waals surface area contributed by atoms with E-state index in [4.69, 9.17) is 18.6 Å². The molecule has 2 rings (SSSR count). The van der Waals surface area contributed by atoms with Gasteiger partial charge in [-0.3, -0.25) is 10.1 Å². The number of amides is 1. The van der Waals surface area contributed by atoms with E-state index in [1.165, 1.54) is 0 Å². The van der Waals surface area contributed by atoms with Crippen molar-refractivity contribution in [3.63, 3.8) is 0 Å². The molecule has 2 aromatic rings. The van der Waals surface area contributed by atoms with Crippen LogP contribution in [0.1, 0.15) is 48.0 Å². The number of nitriles is 1. The normalized spacial score (nSPS) is 10.2. The van der Waals surface area contributed by atoms with E-state index in [1.54, 1.807) is 26.0 Å². The van der Waals surface area contributed by atoms with E-state index in [1.807, 2.05) is 20.8 Å². The molecule has 27 heavy (non-hydrogen) atoms. The zero-order valence-electron chi connectivity index (χ0n) is 16.3. The molecule has 0 fully saturated rings. The smallest absolute Gasteiger partial charge is 0.258 e. The van der Waals surface area contributed by atoms with E-state index in [9.17, 15) is 10.1 Å². The third-order valence-electron chi connectivity index (χ3n) is 3.90. The minimum Gasteiger partial charge on any atom is -0.490 e. The van der Waals surface area contributed by atoms with Gasteiger partial charge in [-0.05, 0) is 46.8 Å². The molecule has 0 aliphatic carbocycles. The molecule has 1 aromatic carbocycles. The van der Waals surface area contributed by atoms with Crippen molar-refractivity contribution in [1.82, 2.24) is 0 Å². The SMILES string of the molecule is CCOc1cc(C(=O)Nc2oc(C)c(C)c2C#N)cc(OCC)c1OCC. The van der Waals surface area contributed by atoms with Crippen molar-refractivity contribution in [3.8, 4) is 23.3 Å². The largest absolute Gasteiger partial charge is 0.490 e. The lowest BCUT2D eigenvalue weighted by atomic mass is 10.1. The molecule has 1 N–H and O–H groups in total. The average molecular weight is 372 g/mol. The number of ether oxygens (including phenoxy) is 3. The Morgan fingerprint density at radius 3 is 2.11 bits per heavy atom. The number of nitrogens with one attached hydrogen (secondary N) is 1. The van der Waals surface area contributed by atoms with Gasteiger partial charge in [-0.15, -0.1) is 0 Å². The second-order valence-corrected chi connectivity index (χ2v) is 5.65. The molecule has 0 saturated carbocycles. The van der Waals surface area contributed by atoms with Gasteiger partial charge >= 0.3 is 0 Å². The van der Waals surface area contributed by atoms with E-state index in [-0.39, 0.29) is 5.88 Å². The molecule has 0 radical (unpaired) electrons. The van der Waals surface area contributed by atoms with E-state index >= 15 is 0 Å². The molecular formula is C20H24N2O5. The molecule has 0 saturated heterocycles. The fraction of sp³-hybridized carbons (Fsp3) is 0.400. The highest BCUT2D eigenvalue weighted by molar-refractivity contribution is 6.05. The van der Waals surface area contributed by atoms with Gasteiger partial charge in [0.1, 0.15) is 17.4 Å². The summed E-state index contributed by atoms with van der Waals surface area (Å²) in [4.78, 5) is 12.8. The second-order valence-electron chi connectivity index (χ2n) is 5.65. The van der Waals surface area contributed by atoms with Gasteiger partial charge < -0.3 is 18.6 Å². The van der Waals surface area contributed by atoms with Crippen molar-refractivity contribution in [1.29, 1.82) is 5.26 Å². The maximum Gasteiger partial charge on any atom is 0.258 e. The van der Waals surface area contributed by atoms with E-state index < -0.39 is 5.91 Å². The average Bonchev–Trinajstić information content (AvgIpc) is 2.90. The minimum absolute atomic E-state index is 0.127. The first kappa shape index (κ1) is 20.2. The summed E-state index contributed by atoms with van der Waals surface area (Å²) >= 11 is 0. The van der Waals surface area contributed by atoms with Gasteiger partial charge in [0.05, 0.1) is 19.8 Å². The number of carbonyl (C=O) groups excluding carboxylic acids is 1. The number of carbonyl (C=O) groups is 1. The van der Waals surface area contributed by atoms with Crippen LogP contribution in [-0.4, -0.2) is 25.7 Å². The second kappa shape index (κ2) is 8.99. The molecule has 7 heteroatoms. The van der Waals surface area contributed by atoms with Crippen molar-refractivity contribution >= 4 is 11.8 Å². The minimum atomic E-state index is -0.440. The van der Waals surface area contributed by atoms with Gasteiger partial charge in [-0.1, -0.05) is 0 Å². The Labute approximate surface area is 158 Å². The Morgan fingerprint density at radius 1 is 1.07 bits per heavy atom. The molecule has 1 aromatic heterocycles. The third kappa shape index (κ3) is 4.34. The van der Waals surface area contributed by atoms with Gasteiger partial charge in [-0.2, -0.15) is 5.26 Å². The molecule has 7 nitrogen and oxygen atoms in total. The molecule has 0 atom stereocenters. The summed E-state index contributed by atoms with van der Waals surface area (Å²) in [6.45, 7) is 10.3. The summed E-state index contributed by atoms with van der Waals surface area (Å²) in [5.74, 6) is 1.57. The maximum absolute atomic E-state index is 12.8. The topological polar surface area (TPSA) is 93.7 Å². The van der Waals surface area contributed by atoms with E-state index in [0.29, 0.717) is 59.5 Å². The zero-order valence-corrected chi connectivity index (χ0v) is 16.3. The summed E-state index contributed by atoms with van der Waals surface area (Å²) in [6.07, 6.45) is 0. The van der Waals surface area contributed by atoms with Crippen LogP contribution in [0.25, 0.3) is 0 Å². The van der Waals surface area contributed by atoms with Gasteiger partial charge in [0, 0.05) is 11.1 Å². The summed E-state index contributed by atoms with van der Waals surface area (Å²) in [7, 11) is 0. The number of hydrogen-bond acceptors (Lipinski definition) is 6. The molecule has 0 unspecified atom stereocenters. The number of anilines is 1. The van der Waals surface area contributed by atoms with Gasteiger partial charge in [-0.25, -0.2) is 0 Å². The molecule has 0 spiro atoms. The first-order chi connectivity index (χ1) is 13.0. The van der Waals surface area contributed by atoms with Crippen molar-refractivity contribution in [2.24, 2.45) is 0 Å². The summed E-state index contributed by atoms with van der Waals surface area (Å²) in [5, 5.41) is 12.0. The quantitative estimate of drug-likeness (QED) is 0.746. The monoisotopic (exact) mass is 372 g/mol. The summed E-state index contributed by atoms with van der Waals surface area (Å²) < 4.78 is 22.4. The highest BCUT2D eigenvalue weighted by Crippen LogP contribution is 2.39. The maximum atomic E-state index is 12.8. The number of aryl methyl sites for hydroxylation is 1. The summed E-state index contributed by atoms with van der Waals surface area (Å²) in [6, 6.07) is 5.22. The number of hydrogen-bond donors (Lipinski definition) is 1. The lowest BCUT2D eigenvalue weighted by Crippen LogP contribution is -2.13. The first-order valence-corrected chi connectivity index (χ1v) is 8.84. The van der Waals surface area contributed by atoms with Gasteiger partial charge in [0.2, 0.25) is 11.6 Å². The molecular weight excluding hydrogens is 348 g/mol. The number of rotatable bonds is 8. The Balaban J connectivity index is 2.43. The van der Waals surface area contributed by atoms with Crippen LogP contribution in [0.2, 0.25) is 0 Å². The van der Waals surface area contributed by atoms with Gasteiger partial charge in [0.25, 0.3) is 5.91 Å². The Kier molecular flexibility index (Phi) is 6.72. The fourth-order valence-corrected chi connectivity index (χ4v) is 2.54. The van der Waals surface area contributed by atoms with Crippen LogP contribution in [0.15, 0.2) is 16.5 Å². The molecule has 1 amide bonds. The lowest BCUT2D eigenvalue weighted by molar-refractivity contribution is 0.102. The van der Waals surface area contributed by atoms with Gasteiger partial charge in [0.15, 0.2) is 11.5 Å². The van der Waals surface area contributed by atoms with Crippen LogP contribution in [0, 0.1) is 25.2 Å². The number of benzene rings is 1. The van der Waals surface area contributed by atoms with Crippen LogP contribution in [-0.2, 0) is 0 Å². The Hall–Kier alpha value is -3.14. The molecule has 144 valence electrons. The highest BCUT2D eigenvalue weighted by Gasteiger charge is 2.21. The highest BCUT2D eigenvalue weighted by atomic mass is 16.5. The van der Waals surface area contributed by atoms with Crippen LogP contribution >= 0.6 is 0 Å². The lowest BCUT2D eigenvalue weighted by Gasteiger charge is -2.17. The van der Waals surface area contributed by atoms with E-state index in [0.717, 1.165) is 0 Å². The van der Waals surface area contributed by atoms with Crippen LogP contribution in [0.5, 0.6) is 17.2 Å². The molecule has 0 bridgehead atoms. The Morgan fingerprint density at radius 2 is 1.63 bits per heavy atom. The number of furan rings is 1. The van der Waals surface area contributed by atoms with Crippen molar-refractivity contribution < 1.29 is 23.4 Å². The predicted octanol–water partition coefficient (Wildman–Crippen LogP) is 4.22. The third-order valence-corrected chi connectivity index (χ3v) is 3.90. The number of nitrogens with zero attached hydrogens (tertiary/aromatic N) is 1. The molecule has 0 aliphatic heterocycles. The summed E-state index contributed by atoms with van der Waals surface area (Å²) in [5.41, 5.74) is 1.31. The first-order valence-electron chi connectivity index (χ1n) is 8.84. The molecule has 1 heterocycles. The molecule has 0 aliphatic rings. The predicted molar refractivity (Wildman–Crippen MR) is 101 cm³/mol. The van der Waals surface area contributed by atoms with Crippen molar-refractivity contribution in [2.45, 2.75) is 34.6 Å². The fourth-order valence-electron chi connectivity index (χ4n) is 2.54. The van der Waals surface area contributed by atoms with Crippen LogP contribution < -0.4 is 19.5 Å².